The Balaban J connectivity index is 1.30. The van der Waals surface area contributed by atoms with E-state index in [0.29, 0.717) is 30.5 Å². The molecule has 2 aromatic heterocycles. The monoisotopic (exact) mass is 539 g/mol. The van der Waals surface area contributed by atoms with Gasteiger partial charge in [0.2, 0.25) is 11.9 Å². The van der Waals surface area contributed by atoms with Crippen LogP contribution in [0.3, 0.4) is 0 Å². The molecule has 0 unspecified atom stereocenters. The number of rotatable bonds is 10. The summed E-state index contributed by atoms with van der Waals surface area (Å²) in [6.45, 7) is 9.91. The molecule has 2 aromatic carbocycles. The van der Waals surface area contributed by atoms with Crippen molar-refractivity contribution in [2.45, 2.75) is 52.1 Å². The maximum absolute atomic E-state index is 12.9. The lowest BCUT2D eigenvalue weighted by atomic mass is 10.0. The van der Waals surface area contributed by atoms with Crippen LogP contribution in [0.2, 0.25) is 0 Å². The Labute approximate surface area is 233 Å². The van der Waals surface area contributed by atoms with Crippen molar-refractivity contribution in [3.05, 3.63) is 83.8 Å². The van der Waals surface area contributed by atoms with Gasteiger partial charge in [-0.2, -0.15) is 4.98 Å². The van der Waals surface area contributed by atoms with E-state index in [9.17, 15) is 9.59 Å². The van der Waals surface area contributed by atoms with Gasteiger partial charge in [0, 0.05) is 30.3 Å². The van der Waals surface area contributed by atoms with Gasteiger partial charge in [-0.3, -0.25) is 14.5 Å². The third-order valence-corrected chi connectivity index (χ3v) is 8.04. The zero-order valence-corrected chi connectivity index (χ0v) is 23.3. The van der Waals surface area contributed by atoms with E-state index < -0.39 is 0 Å². The fourth-order valence-electron chi connectivity index (χ4n) is 4.97. The maximum Gasteiger partial charge on any atom is 0.228 e. The molecule has 5 rings (SSSR count). The first-order chi connectivity index (χ1) is 18.8. The summed E-state index contributed by atoms with van der Waals surface area (Å²) in [4.78, 5) is 35.9. The number of carbonyl (C=O) groups is 2. The molecule has 0 saturated carbocycles. The van der Waals surface area contributed by atoms with E-state index in [1.807, 2.05) is 52.7 Å². The second kappa shape index (κ2) is 11.4. The topological polar surface area (TPSA) is 87.2 Å². The molecule has 0 aliphatic carbocycles. The van der Waals surface area contributed by atoms with Crippen molar-refractivity contribution in [1.29, 1.82) is 0 Å². The third-order valence-electron chi connectivity index (χ3n) is 7.14. The predicted octanol–water partition coefficient (Wildman–Crippen LogP) is 7.06. The maximum atomic E-state index is 12.9. The zero-order chi connectivity index (χ0) is 27.5. The normalized spacial score (nSPS) is 16.1. The molecule has 1 amide bonds. The number of ketones is 1. The number of fused-ring (bicyclic) bond motifs is 1. The number of carbonyl (C=O) groups excluding carboxylic acids is 2. The first-order valence-corrected chi connectivity index (χ1v) is 14.2. The summed E-state index contributed by atoms with van der Waals surface area (Å²) < 4.78 is 0.949. The highest BCUT2D eigenvalue weighted by Crippen LogP contribution is 2.37. The predicted molar refractivity (Wildman–Crippen MR) is 160 cm³/mol. The van der Waals surface area contributed by atoms with Crippen molar-refractivity contribution < 1.29 is 9.59 Å². The molecule has 8 heteroatoms. The van der Waals surface area contributed by atoms with Gasteiger partial charge in [0.05, 0.1) is 16.3 Å². The van der Waals surface area contributed by atoms with Crippen LogP contribution in [-0.4, -0.2) is 27.7 Å². The largest absolute Gasteiger partial charge is 0.356 e. The average Bonchev–Trinajstić information content (AvgIpc) is 3.56. The molecular weight excluding hydrogens is 506 g/mol. The molecule has 200 valence electrons. The van der Waals surface area contributed by atoms with Crippen LogP contribution in [0.4, 0.5) is 23.1 Å². The van der Waals surface area contributed by atoms with Crippen molar-refractivity contribution in [3.8, 4) is 0 Å². The van der Waals surface area contributed by atoms with Crippen LogP contribution < -0.4 is 15.5 Å². The molecule has 1 aliphatic rings. The lowest BCUT2D eigenvalue weighted by Gasteiger charge is -2.27. The summed E-state index contributed by atoms with van der Waals surface area (Å²) in [5.74, 6) is 1.72. The quantitative estimate of drug-likeness (QED) is 0.210. The number of hydrogen-bond donors (Lipinski definition) is 2. The van der Waals surface area contributed by atoms with Crippen LogP contribution in [-0.2, 0) is 16.0 Å². The van der Waals surface area contributed by atoms with Crippen LogP contribution in [0.25, 0.3) is 10.2 Å². The summed E-state index contributed by atoms with van der Waals surface area (Å²) in [5, 5.41) is 8.85. The highest BCUT2D eigenvalue weighted by molar-refractivity contribution is 7.17. The van der Waals surface area contributed by atoms with Crippen molar-refractivity contribution in [2.75, 3.05) is 15.5 Å². The summed E-state index contributed by atoms with van der Waals surface area (Å²) in [5.41, 5.74) is 4.81. The Hall–Kier alpha value is -4.04. The smallest absolute Gasteiger partial charge is 0.228 e. The molecule has 2 N–H and O–H groups in total. The fraction of sp³-hybridized carbons (Fsp3) is 0.290. The van der Waals surface area contributed by atoms with Crippen molar-refractivity contribution in [2.24, 2.45) is 5.92 Å². The zero-order valence-electron chi connectivity index (χ0n) is 22.5. The number of nitrogens with zero attached hydrogens (tertiary/aromatic N) is 3. The highest BCUT2D eigenvalue weighted by atomic mass is 32.1. The van der Waals surface area contributed by atoms with Gasteiger partial charge in [-0.05, 0) is 72.2 Å². The van der Waals surface area contributed by atoms with E-state index in [-0.39, 0.29) is 23.8 Å². The van der Waals surface area contributed by atoms with Gasteiger partial charge in [0.15, 0.2) is 11.6 Å². The number of allylic oxidation sites excluding steroid dienone is 1. The summed E-state index contributed by atoms with van der Waals surface area (Å²) in [7, 11) is 0. The van der Waals surface area contributed by atoms with E-state index in [0.717, 1.165) is 39.1 Å². The minimum Gasteiger partial charge on any atom is -0.356 e. The van der Waals surface area contributed by atoms with Crippen LogP contribution in [0.1, 0.15) is 50.8 Å². The Bertz CT molecular complexity index is 1490. The minimum atomic E-state index is -0.0418. The van der Waals surface area contributed by atoms with E-state index in [2.05, 4.69) is 50.1 Å². The number of amides is 1. The molecule has 2 atom stereocenters. The summed E-state index contributed by atoms with van der Waals surface area (Å²) in [6.07, 6.45) is 3.12. The first kappa shape index (κ1) is 26.6. The van der Waals surface area contributed by atoms with E-state index >= 15 is 0 Å². The summed E-state index contributed by atoms with van der Waals surface area (Å²) >= 11 is 1.57. The molecule has 1 aliphatic heterocycles. The number of nitrogens with one attached hydrogen (secondary N) is 2. The van der Waals surface area contributed by atoms with Crippen LogP contribution in [0.5, 0.6) is 0 Å². The van der Waals surface area contributed by atoms with Crippen molar-refractivity contribution >= 4 is 56.4 Å². The van der Waals surface area contributed by atoms with Crippen LogP contribution >= 0.6 is 11.3 Å². The van der Waals surface area contributed by atoms with Gasteiger partial charge in [0.1, 0.15) is 0 Å². The van der Waals surface area contributed by atoms with E-state index in [4.69, 9.17) is 9.97 Å². The summed E-state index contributed by atoms with van der Waals surface area (Å²) in [6, 6.07) is 18.1. The lowest BCUT2D eigenvalue weighted by molar-refractivity contribution is -0.117. The van der Waals surface area contributed by atoms with Gasteiger partial charge >= 0.3 is 0 Å². The molecule has 1 fully saturated rings. The Morgan fingerprint density at radius 2 is 1.77 bits per heavy atom. The minimum absolute atomic E-state index is 0.00943. The number of benzene rings is 2. The van der Waals surface area contributed by atoms with Crippen LogP contribution in [0.15, 0.2) is 72.6 Å². The molecule has 0 bridgehead atoms. The molecule has 0 radical (unpaired) electrons. The van der Waals surface area contributed by atoms with Gasteiger partial charge in [-0.1, -0.05) is 44.7 Å². The second-order valence-electron chi connectivity index (χ2n) is 10.3. The van der Waals surface area contributed by atoms with Gasteiger partial charge in [-0.25, -0.2) is 4.98 Å². The van der Waals surface area contributed by atoms with Gasteiger partial charge < -0.3 is 10.6 Å². The number of thiophene rings is 1. The third kappa shape index (κ3) is 5.86. The molecule has 4 aromatic rings. The molecule has 3 heterocycles. The number of aromatic nitrogens is 2. The van der Waals surface area contributed by atoms with E-state index in [1.54, 1.807) is 11.3 Å². The molecule has 7 nitrogen and oxygen atoms in total. The second-order valence-corrected chi connectivity index (χ2v) is 11.2. The Kier molecular flexibility index (Phi) is 7.74. The van der Waals surface area contributed by atoms with Crippen molar-refractivity contribution in [3.63, 3.8) is 0 Å². The molecular formula is C31H33N5O2S. The molecule has 39 heavy (non-hydrogen) atoms. The van der Waals surface area contributed by atoms with E-state index in [1.165, 1.54) is 6.08 Å². The Morgan fingerprint density at radius 1 is 1.08 bits per heavy atom. The highest BCUT2D eigenvalue weighted by Gasteiger charge is 2.36. The fourth-order valence-corrected chi connectivity index (χ4v) is 5.78. The molecule has 1 saturated heterocycles. The standard InChI is InChI=1S/C31H33N5O2S/c1-5-25(37)18-21-6-10-23(11-7-21)33-24-12-8-22(9-13-24)20(4)32-31-34-26-16-17-39-29(26)30(35-31)36-27(19(2)3)14-15-28(36)38/h5-13,16-17,19-20,27,33H,1,14-15,18H2,2-4H3,(H,32,34,35)/t20-,27+/m0/s1. The lowest BCUT2D eigenvalue weighted by Crippen LogP contribution is -2.37. The number of anilines is 4. The van der Waals surface area contributed by atoms with Gasteiger partial charge in [0.25, 0.3) is 0 Å². The van der Waals surface area contributed by atoms with Crippen molar-refractivity contribution in [1.82, 2.24) is 9.97 Å². The van der Waals surface area contributed by atoms with Gasteiger partial charge in [-0.15, -0.1) is 11.3 Å². The number of hydrogen-bond acceptors (Lipinski definition) is 7. The van der Waals surface area contributed by atoms with Crippen LogP contribution in [0, 0.1) is 5.92 Å². The Morgan fingerprint density at radius 3 is 2.44 bits per heavy atom. The average molecular weight is 540 g/mol. The first-order valence-electron chi connectivity index (χ1n) is 13.3. The SMILES string of the molecule is C=CC(=O)Cc1ccc(Nc2ccc([C@H](C)Nc3nc(N4C(=O)CC[C@@H]4C(C)C)c4sccc4n3)cc2)cc1. The molecule has 0 spiro atoms.